The average molecular weight is 286 g/mol. The number of aromatic nitrogens is 3. The highest BCUT2D eigenvalue weighted by Gasteiger charge is 2.17. The van der Waals surface area contributed by atoms with Crippen LogP contribution in [-0.2, 0) is 6.54 Å². The van der Waals surface area contributed by atoms with Gasteiger partial charge < -0.3 is 4.90 Å². The van der Waals surface area contributed by atoms with Gasteiger partial charge in [-0.25, -0.2) is 4.68 Å². The Bertz CT molecular complexity index is 565. The minimum atomic E-state index is -0.0368. The van der Waals surface area contributed by atoms with Crippen molar-refractivity contribution >= 4 is 5.91 Å². The molecule has 21 heavy (non-hydrogen) atoms. The second-order valence-corrected chi connectivity index (χ2v) is 5.03. The summed E-state index contributed by atoms with van der Waals surface area (Å²) in [6, 6.07) is 10.0. The van der Waals surface area contributed by atoms with E-state index in [4.69, 9.17) is 0 Å². The number of benzene rings is 1. The van der Waals surface area contributed by atoms with E-state index in [1.54, 1.807) is 10.9 Å². The molecule has 2 rings (SSSR count). The normalized spacial score (nSPS) is 10.6. The van der Waals surface area contributed by atoms with E-state index < -0.39 is 0 Å². The standard InChI is InChI=1S/C16H22N4O/c1-3-5-11-19(4-2)16(21)15-13-20(18-17-15)12-14-9-7-6-8-10-14/h6-10,13H,3-5,11-12H2,1-2H3. The van der Waals surface area contributed by atoms with Crippen LogP contribution in [-0.4, -0.2) is 38.9 Å². The summed E-state index contributed by atoms with van der Waals surface area (Å²) in [6.45, 7) is 6.21. The van der Waals surface area contributed by atoms with E-state index in [1.807, 2.05) is 42.2 Å². The molecule has 5 heteroatoms. The lowest BCUT2D eigenvalue weighted by Gasteiger charge is -2.18. The first kappa shape index (κ1) is 15.2. The smallest absolute Gasteiger partial charge is 0.276 e. The Morgan fingerprint density at radius 2 is 2.00 bits per heavy atom. The van der Waals surface area contributed by atoms with Crippen molar-refractivity contribution in [1.82, 2.24) is 19.9 Å². The lowest BCUT2D eigenvalue weighted by Crippen LogP contribution is -2.32. The minimum Gasteiger partial charge on any atom is -0.337 e. The van der Waals surface area contributed by atoms with Crippen molar-refractivity contribution in [3.63, 3.8) is 0 Å². The molecule has 1 aromatic carbocycles. The molecule has 0 aliphatic rings. The van der Waals surface area contributed by atoms with Gasteiger partial charge in [-0.3, -0.25) is 4.79 Å². The first-order valence-corrected chi connectivity index (χ1v) is 7.48. The largest absolute Gasteiger partial charge is 0.337 e. The fourth-order valence-corrected chi connectivity index (χ4v) is 2.16. The maximum absolute atomic E-state index is 12.4. The summed E-state index contributed by atoms with van der Waals surface area (Å²) in [5, 5.41) is 8.06. The van der Waals surface area contributed by atoms with E-state index in [9.17, 15) is 4.79 Å². The zero-order valence-corrected chi connectivity index (χ0v) is 12.7. The molecule has 0 atom stereocenters. The highest BCUT2D eigenvalue weighted by molar-refractivity contribution is 5.91. The molecule has 0 fully saturated rings. The lowest BCUT2D eigenvalue weighted by molar-refractivity contribution is 0.0756. The van der Waals surface area contributed by atoms with Gasteiger partial charge in [0.2, 0.25) is 0 Å². The molecule has 2 aromatic rings. The van der Waals surface area contributed by atoms with Crippen LogP contribution in [0.5, 0.6) is 0 Å². The molecule has 0 aliphatic heterocycles. The molecule has 0 bridgehead atoms. The second-order valence-electron chi connectivity index (χ2n) is 5.03. The number of unbranched alkanes of at least 4 members (excludes halogenated alkanes) is 1. The van der Waals surface area contributed by atoms with Crippen LogP contribution in [0.1, 0.15) is 42.7 Å². The molecular weight excluding hydrogens is 264 g/mol. The van der Waals surface area contributed by atoms with Gasteiger partial charge >= 0.3 is 0 Å². The quantitative estimate of drug-likeness (QED) is 0.786. The predicted octanol–water partition coefficient (Wildman–Crippen LogP) is 2.59. The van der Waals surface area contributed by atoms with Gasteiger partial charge in [0, 0.05) is 13.1 Å². The Labute approximate surface area is 125 Å². The molecule has 0 aliphatic carbocycles. The van der Waals surface area contributed by atoms with Crippen molar-refractivity contribution in [1.29, 1.82) is 0 Å². The fraction of sp³-hybridized carbons (Fsp3) is 0.438. The van der Waals surface area contributed by atoms with E-state index in [0.29, 0.717) is 18.8 Å². The van der Waals surface area contributed by atoms with Crippen molar-refractivity contribution in [2.45, 2.75) is 33.2 Å². The molecule has 1 aromatic heterocycles. The van der Waals surface area contributed by atoms with E-state index in [-0.39, 0.29) is 5.91 Å². The van der Waals surface area contributed by atoms with Crippen molar-refractivity contribution in [2.24, 2.45) is 0 Å². The summed E-state index contributed by atoms with van der Waals surface area (Å²) in [7, 11) is 0. The topological polar surface area (TPSA) is 51.0 Å². The van der Waals surface area contributed by atoms with E-state index >= 15 is 0 Å². The van der Waals surface area contributed by atoms with Gasteiger partial charge in [0.1, 0.15) is 0 Å². The molecule has 0 saturated carbocycles. The summed E-state index contributed by atoms with van der Waals surface area (Å²) >= 11 is 0. The van der Waals surface area contributed by atoms with Gasteiger partial charge in [0.05, 0.1) is 12.7 Å². The first-order chi connectivity index (χ1) is 10.2. The summed E-state index contributed by atoms with van der Waals surface area (Å²) in [5.41, 5.74) is 1.56. The van der Waals surface area contributed by atoms with Crippen molar-refractivity contribution in [3.05, 3.63) is 47.8 Å². The number of hydrogen-bond donors (Lipinski definition) is 0. The molecule has 112 valence electrons. The van der Waals surface area contributed by atoms with E-state index in [0.717, 1.165) is 24.9 Å². The van der Waals surface area contributed by atoms with Crippen molar-refractivity contribution in [2.75, 3.05) is 13.1 Å². The summed E-state index contributed by atoms with van der Waals surface area (Å²) in [6.07, 6.45) is 3.81. The Morgan fingerprint density at radius 3 is 2.67 bits per heavy atom. The molecule has 0 saturated heterocycles. The zero-order valence-electron chi connectivity index (χ0n) is 12.7. The van der Waals surface area contributed by atoms with Crippen LogP contribution in [0, 0.1) is 0 Å². The number of rotatable bonds is 7. The minimum absolute atomic E-state index is 0.0368. The van der Waals surface area contributed by atoms with E-state index in [2.05, 4.69) is 17.2 Å². The van der Waals surface area contributed by atoms with E-state index in [1.165, 1.54) is 0 Å². The van der Waals surface area contributed by atoms with Crippen LogP contribution in [0.2, 0.25) is 0 Å². The molecule has 0 unspecified atom stereocenters. The monoisotopic (exact) mass is 286 g/mol. The predicted molar refractivity (Wildman–Crippen MR) is 82.1 cm³/mol. The van der Waals surface area contributed by atoms with Gasteiger partial charge in [0.25, 0.3) is 5.91 Å². The molecule has 0 spiro atoms. The number of carbonyl (C=O) groups excluding carboxylic acids is 1. The van der Waals surface area contributed by atoms with Crippen LogP contribution in [0.25, 0.3) is 0 Å². The second kappa shape index (κ2) is 7.57. The molecule has 0 radical (unpaired) electrons. The Morgan fingerprint density at radius 1 is 1.24 bits per heavy atom. The highest BCUT2D eigenvalue weighted by Crippen LogP contribution is 2.05. The number of nitrogens with zero attached hydrogens (tertiary/aromatic N) is 4. The highest BCUT2D eigenvalue weighted by atomic mass is 16.2. The maximum Gasteiger partial charge on any atom is 0.276 e. The third-order valence-corrected chi connectivity index (χ3v) is 3.40. The molecule has 1 amide bonds. The SMILES string of the molecule is CCCCN(CC)C(=O)c1cn(Cc2ccccc2)nn1. The van der Waals surface area contributed by atoms with Crippen LogP contribution in [0.4, 0.5) is 0 Å². The summed E-state index contributed by atoms with van der Waals surface area (Å²) in [5.74, 6) is -0.0368. The van der Waals surface area contributed by atoms with Crippen LogP contribution in [0.3, 0.4) is 0 Å². The van der Waals surface area contributed by atoms with Crippen LogP contribution >= 0.6 is 0 Å². The lowest BCUT2D eigenvalue weighted by atomic mass is 10.2. The summed E-state index contributed by atoms with van der Waals surface area (Å²) < 4.78 is 1.70. The average Bonchev–Trinajstić information content (AvgIpc) is 2.97. The van der Waals surface area contributed by atoms with Gasteiger partial charge in [-0.05, 0) is 18.9 Å². The number of carbonyl (C=O) groups is 1. The third-order valence-electron chi connectivity index (χ3n) is 3.40. The molecule has 1 heterocycles. The molecule has 0 N–H and O–H groups in total. The van der Waals surface area contributed by atoms with Gasteiger partial charge in [-0.1, -0.05) is 48.9 Å². The Kier molecular flexibility index (Phi) is 5.49. The summed E-state index contributed by atoms with van der Waals surface area (Å²) in [4.78, 5) is 14.2. The van der Waals surface area contributed by atoms with Gasteiger partial charge in [-0.15, -0.1) is 5.10 Å². The zero-order chi connectivity index (χ0) is 15.1. The fourth-order valence-electron chi connectivity index (χ4n) is 2.16. The van der Waals surface area contributed by atoms with Crippen molar-refractivity contribution < 1.29 is 4.79 Å². The maximum atomic E-state index is 12.4. The Hall–Kier alpha value is -2.17. The Balaban J connectivity index is 2.03. The molecular formula is C16H22N4O. The molecule has 5 nitrogen and oxygen atoms in total. The third kappa shape index (κ3) is 4.15. The van der Waals surface area contributed by atoms with Gasteiger partial charge in [-0.2, -0.15) is 0 Å². The van der Waals surface area contributed by atoms with Gasteiger partial charge in [0.15, 0.2) is 5.69 Å². The van der Waals surface area contributed by atoms with Crippen LogP contribution in [0.15, 0.2) is 36.5 Å². The number of hydrogen-bond acceptors (Lipinski definition) is 3. The first-order valence-electron chi connectivity index (χ1n) is 7.48. The van der Waals surface area contributed by atoms with Crippen molar-refractivity contribution in [3.8, 4) is 0 Å². The van der Waals surface area contributed by atoms with Crippen LogP contribution < -0.4 is 0 Å². The number of amides is 1.